The Balaban J connectivity index is 2.55. The summed E-state index contributed by atoms with van der Waals surface area (Å²) < 4.78 is 0. The number of aromatic hydroxyl groups is 1. The second-order valence-electron chi connectivity index (χ2n) is 2.74. The van der Waals surface area contributed by atoms with E-state index in [9.17, 15) is 5.11 Å². The molecule has 0 amide bonds. The number of rotatable bonds is 1. The van der Waals surface area contributed by atoms with E-state index in [1.165, 1.54) is 12.4 Å². The standard InChI is InChI=1S/C10H7ClN2O/c11-8-3-1-2-7(6-8)9-10(14)13-5-4-12-9/h1-6H,(H,13,14). The fourth-order valence-corrected chi connectivity index (χ4v) is 1.36. The van der Waals surface area contributed by atoms with E-state index >= 15 is 0 Å². The highest BCUT2D eigenvalue weighted by molar-refractivity contribution is 6.30. The van der Waals surface area contributed by atoms with E-state index in [2.05, 4.69) is 9.97 Å². The van der Waals surface area contributed by atoms with Gasteiger partial charge in [-0.3, -0.25) is 0 Å². The van der Waals surface area contributed by atoms with Crippen molar-refractivity contribution in [1.82, 2.24) is 9.97 Å². The minimum Gasteiger partial charge on any atom is -0.492 e. The fourth-order valence-electron chi connectivity index (χ4n) is 1.17. The van der Waals surface area contributed by atoms with Crippen LogP contribution >= 0.6 is 11.6 Å². The van der Waals surface area contributed by atoms with Gasteiger partial charge in [-0.1, -0.05) is 23.7 Å². The SMILES string of the molecule is Oc1nccnc1-c1cccc(Cl)c1. The molecule has 0 bridgehead atoms. The summed E-state index contributed by atoms with van der Waals surface area (Å²) in [7, 11) is 0. The van der Waals surface area contributed by atoms with Crippen LogP contribution in [0, 0.1) is 0 Å². The van der Waals surface area contributed by atoms with E-state index in [0.29, 0.717) is 10.7 Å². The molecule has 0 spiro atoms. The Bertz CT molecular complexity index is 459. The summed E-state index contributed by atoms with van der Waals surface area (Å²) in [5, 5.41) is 10.0. The monoisotopic (exact) mass is 206 g/mol. The summed E-state index contributed by atoms with van der Waals surface area (Å²) in [6.45, 7) is 0. The smallest absolute Gasteiger partial charge is 0.238 e. The Hall–Kier alpha value is -1.61. The molecule has 3 nitrogen and oxygen atoms in total. The number of benzene rings is 1. The van der Waals surface area contributed by atoms with Crippen molar-refractivity contribution >= 4 is 11.6 Å². The van der Waals surface area contributed by atoms with Crippen molar-refractivity contribution in [2.75, 3.05) is 0 Å². The second-order valence-corrected chi connectivity index (χ2v) is 3.18. The molecule has 0 unspecified atom stereocenters. The third-order valence-electron chi connectivity index (χ3n) is 1.78. The third-order valence-corrected chi connectivity index (χ3v) is 2.01. The number of halogens is 1. The Morgan fingerprint density at radius 3 is 2.64 bits per heavy atom. The largest absolute Gasteiger partial charge is 0.492 e. The molecule has 0 saturated heterocycles. The molecule has 2 rings (SSSR count). The minimum atomic E-state index is -0.0882. The first-order valence-electron chi connectivity index (χ1n) is 4.03. The van der Waals surface area contributed by atoms with Crippen LogP contribution in [-0.4, -0.2) is 15.1 Å². The van der Waals surface area contributed by atoms with E-state index < -0.39 is 0 Å². The molecular formula is C10H7ClN2O. The predicted octanol–water partition coefficient (Wildman–Crippen LogP) is 2.50. The summed E-state index contributed by atoms with van der Waals surface area (Å²) in [5.74, 6) is -0.0882. The van der Waals surface area contributed by atoms with Crippen LogP contribution < -0.4 is 0 Å². The summed E-state index contributed by atoms with van der Waals surface area (Å²) in [6.07, 6.45) is 2.96. The summed E-state index contributed by atoms with van der Waals surface area (Å²) in [5.41, 5.74) is 1.19. The van der Waals surface area contributed by atoms with Crippen molar-refractivity contribution < 1.29 is 5.11 Å². The first-order valence-corrected chi connectivity index (χ1v) is 4.41. The molecule has 0 atom stereocenters. The van der Waals surface area contributed by atoms with Gasteiger partial charge in [-0.15, -0.1) is 0 Å². The van der Waals surface area contributed by atoms with Gasteiger partial charge in [-0.05, 0) is 12.1 Å². The van der Waals surface area contributed by atoms with Gasteiger partial charge in [0.2, 0.25) is 5.88 Å². The van der Waals surface area contributed by atoms with Gasteiger partial charge < -0.3 is 5.11 Å². The van der Waals surface area contributed by atoms with Gasteiger partial charge in [0.05, 0.1) is 0 Å². The second kappa shape index (κ2) is 3.64. The van der Waals surface area contributed by atoms with Crippen molar-refractivity contribution in [1.29, 1.82) is 0 Å². The molecule has 0 saturated carbocycles. The summed E-state index contributed by atoms with van der Waals surface area (Å²) >= 11 is 5.82. The van der Waals surface area contributed by atoms with Crippen LogP contribution in [0.25, 0.3) is 11.3 Å². The van der Waals surface area contributed by atoms with Crippen molar-refractivity contribution in [2.24, 2.45) is 0 Å². The maximum atomic E-state index is 9.44. The highest BCUT2D eigenvalue weighted by Crippen LogP contribution is 2.25. The van der Waals surface area contributed by atoms with Crippen LogP contribution in [0.2, 0.25) is 5.02 Å². The lowest BCUT2D eigenvalue weighted by atomic mass is 10.1. The van der Waals surface area contributed by atoms with Gasteiger partial charge in [0.25, 0.3) is 0 Å². The molecule has 2 aromatic rings. The molecule has 0 aliphatic rings. The molecule has 14 heavy (non-hydrogen) atoms. The zero-order valence-corrected chi connectivity index (χ0v) is 7.94. The number of aromatic nitrogens is 2. The highest BCUT2D eigenvalue weighted by Gasteiger charge is 2.05. The van der Waals surface area contributed by atoms with Crippen molar-refractivity contribution in [3.05, 3.63) is 41.7 Å². The molecule has 0 aliphatic heterocycles. The normalized spacial score (nSPS) is 10.1. The Kier molecular flexibility index (Phi) is 2.33. The molecule has 70 valence electrons. The molecule has 1 aromatic heterocycles. The third kappa shape index (κ3) is 1.67. The van der Waals surface area contributed by atoms with Crippen LogP contribution in [0.5, 0.6) is 5.88 Å². The Morgan fingerprint density at radius 2 is 1.93 bits per heavy atom. The maximum absolute atomic E-state index is 9.44. The molecule has 0 radical (unpaired) electrons. The number of nitrogens with zero attached hydrogens (tertiary/aromatic N) is 2. The van der Waals surface area contributed by atoms with E-state index in [1.54, 1.807) is 18.2 Å². The van der Waals surface area contributed by atoms with E-state index in [4.69, 9.17) is 11.6 Å². The first-order chi connectivity index (χ1) is 6.77. The molecule has 0 fully saturated rings. The molecule has 4 heteroatoms. The van der Waals surface area contributed by atoms with Crippen molar-refractivity contribution in [3.63, 3.8) is 0 Å². The highest BCUT2D eigenvalue weighted by atomic mass is 35.5. The number of hydrogen-bond donors (Lipinski definition) is 1. The van der Waals surface area contributed by atoms with Gasteiger partial charge in [0, 0.05) is 23.0 Å². The predicted molar refractivity (Wildman–Crippen MR) is 54.1 cm³/mol. The van der Waals surface area contributed by atoms with Crippen LogP contribution in [0.15, 0.2) is 36.7 Å². The molecule has 0 aliphatic carbocycles. The molecular weight excluding hydrogens is 200 g/mol. The van der Waals surface area contributed by atoms with Crippen LogP contribution in [0.3, 0.4) is 0 Å². The van der Waals surface area contributed by atoms with Crippen molar-refractivity contribution in [2.45, 2.75) is 0 Å². The van der Waals surface area contributed by atoms with Crippen LogP contribution in [0.1, 0.15) is 0 Å². The summed E-state index contributed by atoms with van der Waals surface area (Å²) in [4.78, 5) is 7.75. The molecule has 1 N–H and O–H groups in total. The van der Waals surface area contributed by atoms with Gasteiger partial charge in [-0.25, -0.2) is 9.97 Å². The van der Waals surface area contributed by atoms with E-state index in [-0.39, 0.29) is 5.88 Å². The number of hydrogen-bond acceptors (Lipinski definition) is 3. The fraction of sp³-hybridized carbons (Fsp3) is 0. The lowest BCUT2D eigenvalue weighted by Gasteiger charge is -2.01. The lowest BCUT2D eigenvalue weighted by molar-refractivity contribution is 0.453. The quantitative estimate of drug-likeness (QED) is 0.780. The van der Waals surface area contributed by atoms with Crippen molar-refractivity contribution in [3.8, 4) is 17.1 Å². The molecule has 1 heterocycles. The van der Waals surface area contributed by atoms with Crippen LogP contribution in [-0.2, 0) is 0 Å². The molecule has 1 aromatic carbocycles. The Labute approximate surface area is 86.0 Å². The topological polar surface area (TPSA) is 46.0 Å². The van der Waals surface area contributed by atoms with Gasteiger partial charge in [0.1, 0.15) is 5.69 Å². The maximum Gasteiger partial charge on any atom is 0.238 e. The van der Waals surface area contributed by atoms with E-state index in [0.717, 1.165) is 5.56 Å². The van der Waals surface area contributed by atoms with Gasteiger partial charge >= 0.3 is 0 Å². The summed E-state index contributed by atoms with van der Waals surface area (Å²) in [6, 6.07) is 7.10. The van der Waals surface area contributed by atoms with E-state index in [1.807, 2.05) is 6.07 Å². The zero-order chi connectivity index (χ0) is 9.97. The minimum absolute atomic E-state index is 0.0882. The van der Waals surface area contributed by atoms with Gasteiger partial charge in [-0.2, -0.15) is 0 Å². The first kappa shape index (κ1) is 8.97. The average Bonchev–Trinajstić information content (AvgIpc) is 2.18. The Morgan fingerprint density at radius 1 is 1.14 bits per heavy atom. The zero-order valence-electron chi connectivity index (χ0n) is 7.18. The van der Waals surface area contributed by atoms with Crippen LogP contribution in [0.4, 0.5) is 0 Å². The average molecular weight is 207 g/mol. The lowest BCUT2D eigenvalue weighted by Crippen LogP contribution is -1.85. The van der Waals surface area contributed by atoms with Gasteiger partial charge in [0.15, 0.2) is 0 Å².